The van der Waals surface area contributed by atoms with Crippen LogP contribution < -0.4 is 4.73 Å². The molecular weight excluding hydrogens is 215 g/mol. The highest BCUT2D eigenvalue weighted by Crippen LogP contribution is 2.27. The summed E-state index contributed by atoms with van der Waals surface area (Å²) in [5.74, 6) is 0. The SMILES string of the molecule is C[C@@H](S)c1ccc(C(F)(F)F)[n+](O)c1. The second kappa shape index (κ2) is 3.68. The van der Waals surface area contributed by atoms with Crippen LogP contribution in [0.2, 0.25) is 0 Å². The van der Waals surface area contributed by atoms with E-state index in [0.717, 1.165) is 12.3 Å². The van der Waals surface area contributed by atoms with Gasteiger partial charge in [0, 0.05) is 21.6 Å². The number of hydrogen-bond donors (Lipinski definition) is 2. The molecule has 1 N–H and O–H groups in total. The molecular formula is C8H9F3NOS+. The van der Waals surface area contributed by atoms with Crippen LogP contribution in [0, 0.1) is 0 Å². The van der Waals surface area contributed by atoms with Crippen LogP contribution in [0.5, 0.6) is 0 Å². The molecule has 0 amide bonds. The van der Waals surface area contributed by atoms with E-state index in [2.05, 4.69) is 12.6 Å². The number of nitrogens with zero attached hydrogens (tertiary/aromatic N) is 1. The molecule has 0 aliphatic heterocycles. The maximum absolute atomic E-state index is 12.2. The van der Waals surface area contributed by atoms with E-state index in [9.17, 15) is 13.2 Å². The summed E-state index contributed by atoms with van der Waals surface area (Å²) in [7, 11) is 0. The van der Waals surface area contributed by atoms with Crippen LogP contribution in [0.1, 0.15) is 23.4 Å². The molecule has 1 rings (SSSR count). The van der Waals surface area contributed by atoms with Crippen LogP contribution in [-0.2, 0) is 6.18 Å². The van der Waals surface area contributed by atoms with Gasteiger partial charge in [-0.15, -0.1) is 0 Å². The molecule has 0 fully saturated rings. The Labute approximate surface area is 84.4 Å². The summed E-state index contributed by atoms with van der Waals surface area (Å²) >= 11 is 4.04. The van der Waals surface area contributed by atoms with Crippen LogP contribution >= 0.6 is 12.6 Å². The minimum atomic E-state index is -4.55. The molecule has 14 heavy (non-hydrogen) atoms. The number of pyridine rings is 1. The zero-order valence-corrected chi connectivity index (χ0v) is 8.18. The van der Waals surface area contributed by atoms with Gasteiger partial charge in [0.05, 0.1) is 0 Å². The highest BCUT2D eigenvalue weighted by Gasteiger charge is 2.42. The topological polar surface area (TPSA) is 24.1 Å². The van der Waals surface area contributed by atoms with Crippen molar-refractivity contribution in [2.24, 2.45) is 0 Å². The summed E-state index contributed by atoms with van der Waals surface area (Å²) in [5.41, 5.74) is -0.584. The molecule has 0 spiro atoms. The molecule has 0 unspecified atom stereocenters. The van der Waals surface area contributed by atoms with Gasteiger partial charge in [-0.25, -0.2) is 0 Å². The van der Waals surface area contributed by atoms with Gasteiger partial charge >= 0.3 is 11.9 Å². The van der Waals surface area contributed by atoms with Crippen molar-refractivity contribution in [2.75, 3.05) is 0 Å². The Hall–Kier alpha value is -0.910. The monoisotopic (exact) mass is 224 g/mol. The quantitative estimate of drug-likeness (QED) is 0.426. The van der Waals surface area contributed by atoms with E-state index < -0.39 is 11.9 Å². The third kappa shape index (κ3) is 2.31. The normalized spacial score (nSPS) is 14.1. The summed E-state index contributed by atoms with van der Waals surface area (Å²) in [4.78, 5) is 0. The van der Waals surface area contributed by atoms with Crippen molar-refractivity contribution in [1.82, 2.24) is 0 Å². The third-order valence-electron chi connectivity index (χ3n) is 1.72. The molecule has 0 aliphatic rings. The summed E-state index contributed by atoms with van der Waals surface area (Å²) in [6.45, 7) is 1.70. The van der Waals surface area contributed by atoms with Gasteiger partial charge in [-0.05, 0) is 13.0 Å². The lowest BCUT2D eigenvalue weighted by Crippen LogP contribution is -2.39. The third-order valence-corrected chi connectivity index (χ3v) is 2.02. The molecule has 0 saturated carbocycles. The van der Waals surface area contributed by atoms with Gasteiger partial charge in [0.1, 0.15) is 0 Å². The minimum Gasteiger partial charge on any atom is -0.285 e. The van der Waals surface area contributed by atoms with E-state index in [1.54, 1.807) is 6.92 Å². The minimum absolute atomic E-state index is 0.0715. The van der Waals surface area contributed by atoms with Crippen LogP contribution in [0.3, 0.4) is 0 Å². The lowest BCUT2D eigenvalue weighted by atomic mass is 10.2. The molecule has 78 valence electrons. The number of halogens is 3. The second-order valence-corrected chi connectivity index (χ2v) is 3.64. The fraction of sp³-hybridized carbons (Fsp3) is 0.375. The highest BCUT2D eigenvalue weighted by molar-refractivity contribution is 7.80. The zero-order valence-electron chi connectivity index (χ0n) is 7.28. The van der Waals surface area contributed by atoms with Crippen molar-refractivity contribution in [3.8, 4) is 0 Å². The summed E-state index contributed by atoms with van der Waals surface area (Å²) in [6.07, 6.45) is -3.55. The molecule has 1 heterocycles. The summed E-state index contributed by atoms with van der Waals surface area (Å²) < 4.78 is 36.6. The van der Waals surface area contributed by atoms with Crippen LogP contribution in [0.25, 0.3) is 0 Å². The van der Waals surface area contributed by atoms with Crippen molar-refractivity contribution in [2.45, 2.75) is 18.3 Å². The Morgan fingerprint density at radius 2 is 2.00 bits per heavy atom. The van der Waals surface area contributed by atoms with E-state index in [1.165, 1.54) is 6.07 Å². The maximum atomic E-state index is 12.2. The first-order chi connectivity index (χ1) is 6.32. The fourth-order valence-corrected chi connectivity index (χ4v) is 1.13. The maximum Gasteiger partial charge on any atom is 0.482 e. The van der Waals surface area contributed by atoms with Gasteiger partial charge < -0.3 is 0 Å². The number of rotatable bonds is 1. The van der Waals surface area contributed by atoms with E-state index in [1.807, 2.05) is 0 Å². The van der Waals surface area contributed by atoms with Gasteiger partial charge in [0.2, 0.25) is 6.20 Å². The van der Waals surface area contributed by atoms with E-state index in [-0.39, 0.29) is 9.98 Å². The second-order valence-electron chi connectivity index (χ2n) is 2.87. The number of thiol groups is 1. The molecule has 6 heteroatoms. The Morgan fingerprint density at radius 1 is 1.43 bits per heavy atom. The Balaban J connectivity index is 3.15. The van der Waals surface area contributed by atoms with Crippen molar-refractivity contribution in [3.63, 3.8) is 0 Å². The van der Waals surface area contributed by atoms with Crippen LogP contribution in [0.15, 0.2) is 18.3 Å². The predicted molar refractivity (Wildman–Crippen MR) is 46.2 cm³/mol. The van der Waals surface area contributed by atoms with Crippen molar-refractivity contribution >= 4 is 12.6 Å². The molecule has 0 saturated heterocycles. The van der Waals surface area contributed by atoms with E-state index >= 15 is 0 Å². The van der Waals surface area contributed by atoms with Crippen LogP contribution in [0.4, 0.5) is 13.2 Å². The largest absolute Gasteiger partial charge is 0.482 e. The first-order valence-corrected chi connectivity index (χ1v) is 4.34. The first kappa shape index (κ1) is 11.2. The van der Waals surface area contributed by atoms with Crippen LogP contribution in [-0.4, -0.2) is 5.21 Å². The molecule has 2 nitrogen and oxygen atoms in total. The molecule has 0 aliphatic carbocycles. The standard InChI is InChI=1S/C8H8F3NOS/c1-5(14)6-2-3-7(8(9,10)11)12(13)4-6/h2-5H,1H3,(H-,13,14)/p+1/t5-/m1/s1. The van der Waals surface area contributed by atoms with Crippen molar-refractivity contribution < 1.29 is 23.1 Å². The lowest BCUT2D eigenvalue weighted by molar-refractivity contribution is -0.915. The molecule has 0 radical (unpaired) electrons. The van der Waals surface area contributed by atoms with Crippen molar-refractivity contribution in [3.05, 3.63) is 29.6 Å². The predicted octanol–water partition coefficient (Wildman–Crippen LogP) is 2.22. The fourth-order valence-electron chi connectivity index (χ4n) is 0.977. The van der Waals surface area contributed by atoms with Gasteiger partial charge in [-0.2, -0.15) is 25.8 Å². The lowest BCUT2D eigenvalue weighted by Gasteiger charge is -2.04. The number of hydrogen-bond acceptors (Lipinski definition) is 2. The first-order valence-electron chi connectivity index (χ1n) is 3.82. The molecule has 1 aromatic heterocycles. The van der Waals surface area contributed by atoms with E-state index in [4.69, 9.17) is 5.21 Å². The number of aromatic nitrogens is 1. The van der Waals surface area contributed by atoms with Gasteiger partial charge in [-0.3, -0.25) is 5.21 Å². The average Bonchev–Trinajstić information content (AvgIpc) is 2.01. The Kier molecular flexibility index (Phi) is 2.94. The molecule has 1 aromatic rings. The van der Waals surface area contributed by atoms with E-state index in [0.29, 0.717) is 5.56 Å². The number of alkyl halides is 3. The average molecular weight is 224 g/mol. The Bertz CT molecular complexity index is 338. The molecule has 1 atom stereocenters. The van der Waals surface area contributed by atoms with Gasteiger partial charge in [0.15, 0.2) is 0 Å². The van der Waals surface area contributed by atoms with Crippen molar-refractivity contribution in [1.29, 1.82) is 0 Å². The summed E-state index contributed by atoms with van der Waals surface area (Å²) in [5, 5.41) is 8.81. The Morgan fingerprint density at radius 3 is 2.36 bits per heavy atom. The van der Waals surface area contributed by atoms with Gasteiger partial charge in [0.25, 0.3) is 0 Å². The zero-order chi connectivity index (χ0) is 10.9. The molecule has 0 bridgehead atoms. The highest BCUT2D eigenvalue weighted by atomic mass is 32.1. The molecule has 0 aromatic carbocycles. The summed E-state index contributed by atoms with van der Waals surface area (Å²) in [6, 6.07) is 2.11. The smallest absolute Gasteiger partial charge is 0.285 e. The van der Waals surface area contributed by atoms with Gasteiger partial charge in [-0.1, -0.05) is 0 Å².